The average molecular weight is 598 g/mol. The number of thiocarbonyl (C=S) groups is 1. The van der Waals surface area contributed by atoms with Crippen molar-refractivity contribution in [3.05, 3.63) is 97.7 Å². The Kier molecular flexibility index (Phi) is 9.15. The molecule has 0 atom stereocenters. The number of amides is 1. The summed E-state index contributed by atoms with van der Waals surface area (Å²) in [6.45, 7) is 9.84. The second kappa shape index (κ2) is 13.0. The van der Waals surface area contributed by atoms with Gasteiger partial charge in [0.2, 0.25) is 0 Å². The Hall–Kier alpha value is -3.87. The van der Waals surface area contributed by atoms with Crippen molar-refractivity contribution in [1.82, 2.24) is 9.47 Å². The summed E-state index contributed by atoms with van der Waals surface area (Å²) < 4.78 is 2.26. The molecule has 2 aliphatic heterocycles. The Morgan fingerprint density at radius 3 is 2.29 bits per heavy atom. The van der Waals surface area contributed by atoms with Crippen molar-refractivity contribution >= 4 is 51.8 Å². The van der Waals surface area contributed by atoms with E-state index in [1.165, 1.54) is 17.4 Å². The van der Waals surface area contributed by atoms with Gasteiger partial charge in [-0.15, -0.1) is 0 Å². The summed E-state index contributed by atoms with van der Waals surface area (Å²) in [5.41, 5.74) is 4.53. The van der Waals surface area contributed by atoms with Crippen molar-refractivity contribution in [3.63, 3.8) is 0 Å². The summed E-state index contributed by atoms with van der Waals surface area (Å²) in [5.74, 6) is 0.621. The summed E-state index contributed by atoms with van der Waals surface area (Å²) in [5, 5.41) is 10.0. The van der Waals surface area contributed by atoms with Crippen molar-refractivity contribution in [2.45, 2.75) is 46.7 Å². The van der Waals surface area contributed by atoms with Crippen LogP contribution in [0.1, 0.15) is 47.6 Å². The van der Waals surface area contributed by atoms with Crippen LogP contribution in [-0.2, 0) is 17.9 Å². The minimum Gasteiger partial charge on any atom is -0.368 e. The summed E-state index contributed by atoms with van der Waals surface area (Å²) in [7, 11) is 0. The van der Waals surface area contributed by atoms with Gasteiger partial charge in [-0.2, -0.15) is 5.26 Å². The van der Waals surface area contributed by atoms with E-state index in [-0.39, 0.29) is 17.0 Å². The zero-order chi connectivity index (χ0) is 29.8. The number of thioether (sulfide) groups is 1. The van der Waals surface area contributed by atoms with Crippen LogP contribution in [0.5, 0.6) is 0 Å². The number of hydrogen-bond donors (Lipinski definition) is 0. The molecule has 0 saturated carbocycles. The summed E-state index contributed by atoms with van der Waals surface area (Å²) >= 11 is 6.92. The Morgan fingerprint density at radius 2 is 1.64 bits per heavy atom. The van der Waals surface area contributed by atoms with Crippen molar-refractivity contribution in [2.75, 3.05) is 36.0 Å². The van der Waals surface area contributed by atoms with Gasteiger partial charge in [0.1, 0.15) is 21.8 Å². The standard InChI is InChI=1S/C33H35N5O2S2/c1-4-5-15-37-30(36-18-16-35(17-19-36)26-9-7-6-8-10-26)27(24(3)28(21-34)31(37)39)20-29-32(40)38(33(41)42-29)22-25-13-11-23(2)12-14-25/h6-14,20H,4-5,15-19,22H2,1-3H3. The normalized spacial score (nSPS) is 16.4. The monoisotopic (exact) mass is 597 g/mol. The van der Waals surface area contributed by atoms with Gasteiger partial charge in [0.25, 0.3) is 11.5 Å². The Bertz CT molecular complexity index is 1620. The van der Waals surface area contributed by atoms with E-state index in [0.717, 1.165) is 48.4 Å². The molecule has 7 nitrogen and oxygen atoms in total. The lowest BCUT2D eigenvalue weighted by Gasteiger charge is -2.39. The number of hydrogen-bond acceptors (Lipinski definition) is 7. The zero-order valence-corrected chi connectivity index (χ0v) is 25.9. The van der Waals surface area contributed by atoms with Gasteiger partial charge in [0.15, 0.2) is 0 Å². The van der Waals surface area contributed by atoms with E-state index in [1.54, 1.807) is 9.47 Å². The van der Waals surface area contributed by atoms with E-state index in [2.05, 4.69) is 34.9 Å². The highest BCUT2D eigenvalue weighted by Gasteiger charge is 2.34. The molecule has 3 heterocycles. The molecule has 0 aliphatic carbocycles. The Labute approximate surface area is 257 Å². The first-order chi connectivity index (χ1) is 20.3. The number of aromatic nitrogens is 1. The van der Waals surface area contributed by atoms with Crippen LogP contribution in [0.3, 0.4) is 0 Å². The number of nitrogens with zero attached hydrogens (tertiary/aromatic N) is 5. The zero-order valence-electron chi connectivity index (χ0n) is 24.3. The van der Waals surface area contributed by atoms with Crippen LogP contribution >= 0.6 is 24.0 Å². The second-order valence-electron chi connectivity index (χ2n) is 10.7. The highest BCUT2D eigenvalue weighted by Crippen LogP contribution is 2.37. The van der Waals surface area contributed by atoms with Gasteiger partial charge in [0, 0.05) is 44.0 Å². The summed E-state index contributed by atoms with van der Waals surface area (Å²) in [6.07, 6.45) is 3.57. The number of aryl methyl sites for hydroxylation is 1. The molecule has 0 spiro atoms. The van der Waals surface area contributed by atoms with E-state index < -0.39 is 0 Å². The molecule has 0 unspecified atom stereocenters. The van der Waals surface area contributed by atoms with Gasteiger partial charge in [-0.25, -0.2) is 0 Å². The van der Waals surface area contributed by atoms with E-state index in [0.29, 0.717) is 41.0 Å². The number of rotatable bonds is 8. The third-order valence-electron chi connectivity index (χ3n) is 7.89. The molecule has 1 aromatic heterocycles. The largest absolute Gasteiger partial charge is 0.368 e. The molecule has 5 rings (SSSR count). The van der Waals surface area contributed by atoms with E-state index in [9.17, 15) is 14.9 Å². The first-order valence-corrected chi connectivity index (χ1v) is 15.6. The minimum absolute atomic E-state index is 0.124. The molecule has 2 fully saturated rings. The Balaban J connectivity index is 1.54. The predicted octanol–water partition coefficient (Wildman–Crippen LogP) is 5.86. The molecule has 216 valence electrons. The third kappa shape index (κ3) is 6.01. The number of benzene rings is 2. The molecule has 0 radical (unpaired) electrons. The predicted molar refractivity (Wildman–Crippen MR) is 176 cm³/mol. The molecule has 3 aromatic rings. The maximum Gasteiger partial charge on any atom is 0.270 e. The van der Waals surface area contributed by atoms with E-state index in [4.69, 9.17) is 12.2 Å². The van der Waals surface area contributed by atoms with Gasteiger partial charge in [0.05, 0.1) is 11.4 Å². The first kappa shape index (κ1) is 29.6. The molecule has 0 bridgehead atoms. The number of unbranched alkanes of at least 4 members (excludes halogenated alkanes) is 1. The molecule has 1 amide bonds. The molecular weight excluding hydrogens is 563 g/mol. The fraction of sp³-hybridized carbons (Fsp3) is 0.333. The van der Waals surface area contributed by atoms with Crippen LogP contribution in [0, 0.1) is 25.2 Å². The smallest absolute Gasteiger partial charge is 0.270 e. The third-order valence-corrected chi connectivity index (χ3v) is 9.27. The highest BCUT2D eigenvalue weighted by molar-refractivity contribution is 8.26. The quantitative estimate of drug-likeness (QED) is 0.238. The Morgan fingerprint density at radius 1 is 0.976 bits per heavy atom. The molecule has 2 saturated heterocycles. The number of carbonyl (C=O) groups is 1. The van der Waals surface area contributed by atoms with Gasteiger partial charge >= 0.3 is 0 Å². The number of pyridine rings is 1. The van der Waals surface area contributed by atoms with Crippen LogP contribution < -0.4 is 15.4 Å². The lowest BCUT2D eigenvalue weighted by atomic mass is 10.0. The molecular formula is C33H35N5O2S2. The lowest BCUT2D eigenvalue weighted by Crippen LogP contribution is -2.48. The second-order valence-corrected chi connectivity index (χ2v) is 12.4. The van der Waals surface area contributed by atoms with Crippen molar-refractivity contribution in [1.29, 1.82) is 5.26 Å². The topological polar surface area (TPSA) is 72.6 Å². The van der Waals surface area contributed by atoms with Gasteiger partial charge in [-0.3, -0.25) is 19.1 Å². The van der Waals surface area contributed by atoms with Crippen molar-refractivity contribution < 1.29 is 4.79 Å². The fourth-order valence-corrected chi connectivity index (χ4v) is 6.70. The van der Waals surface area contributed by atoms with Gasteiger partial charge < -0.3 is 9.80 Å². The van der Waals surface area contributed by atoms with Gasteiger partial charge in [-0.1, -0.05) is 85.4 Å². The molecule has 9 heteroatoms. The SMILES string of the molecule is CCCCn1c(N2CCN(c3ccccc3)CC2)c(C=C2SC(=S)N(Cc3ccc(C)cc3)C2=O)c(C)c(C#N)c1=O. The van der Waals surface area contributed by atoms with Crippen LogP contribution in [-0.4, -0.2) is 45.9 Å². The highest BCUT2D eigenvalue weighted by atomic mass is 32.2. The van der Waals surface area contributed by atoms with E-state index in [1.807, 2.05) is 62.4 Å². The molecule has 2 aromatic carbocycles. The van der Waals surface area contributed by atoms with Crippen LogP contribution in [0.15, 0.2) is 64.3 Å². The number of nitriles is 1. The van der Waals surface area contributed by atoms with Crippen LogP contribution in [0.2, 0.25) is 0 Å². The molecule has 2 aliphatic rings. The maximum absolute atomic E-state index is 13.7. The number of piperazine rings is 1. The molecule has 42 heavy (non-hydrogen) atoms. The van der Waals surface area contributed by atoms with Crippen molar-refractivity contribution in [2.24, 2.45) is 0 Å². The molecule has 0 N–H and O–H groups in total. The van der Waals surface area contributed by atoms with Crippen LogP contribution in [0.25, 0.3) is 6.08 Å². The summed E-state index contributed by atoms with van der Waals surface area (Å²) in [4.78, 5) is 34.0. The van der Waals surface area contributed by atoms with E-state index >= 15 is 0 Å². The number of carbonyl (C=O) groups excluding carboxylic acids is 1. The maximum atomic E-state index is 13.7. The summed E-state index contributed by atoms with van der Waals surface area (Å²) in [6, 6.07) is 20.6. The number of anilines is 2. The van der Waals surface area contributed by atoms with Gasteiger partial charge in [-0.05, 0) is 49.6 Å². The lowest BCUT2D eigenvalue weighted by molar-refractivity contribution is -0.122. The minimum atomic E-state index is -0.270. The first-order valence-electron chi connectivity index (χ1n) is 14.4. The van der Waals surface area contributed by atoms with Crippen molar-refractivity contribution in [3.8, 4) is 6.07 Å². The fourth-order valence-electron chi connectivity index (χ4n) is 5.47. The average Bonchev–Trinajstić information content (AvgIpc) is 3.27. The number of para-hydroxylation sites is 1. The van der Waals surface area contributed by atoms with Crippen LogP contribution in [0.4, 0.5) is 11.5 Å².